The van der Waals surface area contributed by atoms with Crippen molar-refractivity contribution in [3.8, 4) is 5.75 Å². The fraction of sp³-hybridized carbons (Fsp3) is 0.0769. The third-order valence-corrected chi connectivity index (χ3v) is 3.25. The van der Waals surface area contributed by atoms with Gasteiger partial charge in [-0.05, 0) is 36.4 Å². The molecular formula is C13H10O3S. The van der Waals surface area contributed by atoms with Crippen LogP contribution in [0.3, 0.4) is 0 Å². The molecule has 0 aromatic heterocycles. The van der Waals surface area contributed by atoms with E-state index in [1.54, 1.807) is 7.11 Å². The zero-order valence-electron chi connectivity index (χ0n) is 9.17. The van der Waals surface area contributed by atoms with Gasteiger partial charge in [-0.25, -0.2) is 0 Å². The molecule has 1 aliphatic rings. The van der Waals surface area contributed by atoms with Gasteiger partial charge in [-0.3, -0.25) is 9.59 Å². The minimum Gasteiger partial charge on any atom is -0.497 e. The predicted octanol–water partition coefficient (Wildman–Crippen LogP) is 2.38. The van der Waals surface area contributed by atoms with E-state index in [2.05, 4.69) is 0 Å². The summed E-state index contributed by atoms with van der Waals surface area (Å²) in [5.74, 6) is 0.473. The Morgan fingerprint density at radius 2 is 1.76 bits per heavy atom. The number of allylic oxidation sites excluding steroid dienone is 4. The molecule has 4 heteroatoms. The molecule has 0 spiro atoms. The molecule has 0 amide bonds. The predicted molar refractivity (Wildman–Crippen MR) is 66.1 cm³/mol. The van der Waals surface area contributed by atoms with Crippen LogP contribution in [-0.2, 0) is 9.59 Å². The van der Waals surface area contributed by atoms with Crippen LogP contribution in [0.15, 0.2) is 52.3 Å². The molecule has 86 valence electrons. The van der Waals surface area contributed by atoms with Crippen molar-refractivity contribution < 1.29 is 14.3 Å². The molecule has 1 aliphatic carbocycles. The van der Waals surface area contributed by atoms with Crippen LogP contribution in [0.2, 0.25) is 0 Å². The minimum atomic E-state index is -0.152. The fourth-order valence-electron chi connectivity index (χ4n) is 1.34. The van der Waals surface area contributed by atoms with Crippen LogP contribution in [0.25, 0.3) is 0 Å². The second kappa shape index (κ2) is 5.01. The lowest BCUT2D eigenvalue weighted by Gasteiger charge is -2.06. The van der Waals surface area contributed by atoms with Crippen molar-refractivity contribution in [1.82, 2.24) is 0 Å². The van der Waals surface area contributed by atoms with E-state index in [1.807, 2.05) is 24.3 Å². The van der Waals surface area contributed by atoms with E-state index < -0.39 is 0 Å². The Morgan fingerprint density at radius 3 is 2.41 bits per heavy atom. The van der Waals surface area contributed by atoms with Crippen LogP contribution in [0.1, 0.15) is 0 Å². The summed E-state index contributed by atoms with van der Waals surface area (Å²) in [7, 11) is 1.60. The highest BCUT2D eigenvalue weighted by Gasteiger charge is 2.14. The SMILES string of the molecule is COc1ccc(SC2=CC(=O)C=CC2=O)cc1. The Hall–Kier alpha value is -1.81. The summed E-state index contributed by atoms with van der Waals surface area (Å²) >= 11 is 1.28. The van der Waals surface area contributed by atoms with Crippen molar-refractivity contribution >= 4 is 23.3 Å². The van der Waals surface area contributed by atoms with E-state index in [0.717, 1.165) is 10.6 Å². The summed E-state index contributed by atoms with van der Waals surface area (Å²) in [4.78, 5) is 24.0. The van der Waals surface area contributed by atoms with Gasteiger partial charge in [0.2, 0.25) is 0 Å². The molecule has 17 heavy (non-hydrogen) atoms. The fourth-order valence-corrected chi connectivity index (χ4v) is 2.21. The number of carbonyl (C=O) groups is 2. The highest BCUT2D eigenvalue weighted by Crippen LogP contribution is 2.30. The van der Waals surface area contributed by atoms with Gasteiger partial charge in [-0.15, -0.1) is 0 Å². The van der Waals surface area contributed by atoms with Gasteiger partial charge in [0, 0.05) is 11.0 Å². The van der Waals surface area contributed by atoms with Crippen molar-refractivity contribution in [2.24, 2.45) is 0 Å². The van der Waals surface area contributed by atoms with Crippen molar-refractivity contribution in [2.45, 2.75) is 4.90 Å². The lowest BCUT2D eigenvalue weighted by molar-refractivity contribution is -0.114. The number of methoxy groups -OCH3 is 1. The van der Waals surface area contributed by atoms with Crippen molar-refractivity contribution in [2.75, 3.05) is 7.11 Å². The second-order valence-corrected chi connectivity index (χ2v) is 4.50. The maximum absolute atomic E-state index is 11.5. The number of hydrogen-bond donors (Lipinski definition) is 0. The van der Waals surface area contributed by atoms with Crippen molar-refractivity contribution in [3.05, 3.63) is 47.4 Å². The summed E-state index contributed by atoms with van der Waals surface area (Å²) in [6.07, 6.45) is 3.94. The first-order valence-corrected chi connectivity index (χ1v) is 5.80. The number of rotatable bonds is 3. The molecule has 0 saturated carbocycles. The molecule has 0 unspecified atom stereocenters. The molecular weight excluding hydrogens is 236 g/mol. The molecule has 1 aromatic rings. The Bertz CT molecular complexity index is 512. The molecule has 0 atom stereocenters. The van der Waals surface area contributed by atoms with Gasteiger partial charge in [0.15, 0.2) is 11.6 Å². The molecule has 0 bridgehead atoms. The normalized spacial score (nSPS) is 14.8. The Balaban J connectivity index is 2.15. The van der Waals surface area contributed by atoms with E-state index in [-0.39, 0.29) is 11.6 Å². The van der Waals surface area contributed by atoms with Gasteiger partial charge in [0.05, 0.1) is 12.0 Å². The van der Waals surface area contributed by atoms with Crippen LogP contribution >= 0.6 is 11.8 Å². The number of benzene rings is 1. The zero-order chi connectivity index (χ0) is 12.3. The van der Waals surface area contributed by atoms with Crippen molar-refractivity contribution in [3.63, 3.8) is 0 Å². The first kappa shape index (κ1) is 11.7. The van der Waals surface area contributed by atoms with Gasteiger partial charge >= 0.3 is 0 Å². The maximum Gasteiger partial charge on any atom is 0.192 e. The van der Waals surface area contributed by atoms with Crippen LogP contribution in [0.4, 0.5) is 0 Å². The van der Waals surface area contributed by atoms with E-state index in [9.17, 15) is 9.59 Å². The highest BCUT2D eigenvalue weighted by molar-refractivity contribution is 8.04. The molecule has 0 heterocycles. The lowest BCUT2D eigenvalue weighted by Crippen LogP contribution is -2.04. The molecule has 0 radical (unpaired) electrons. The maximum atomic E-state index is 11.5. The van der Waals surface area contributed by atoms with Gasteiger partial charge in [0.1, 0.15) is 5.75 Å². The minimum absolute atomic E-state index is 0.134. The Labute approximate surface area is 103 Å². The number of hydrogen-bond acceptors (Lipinski definition) is 4. The number of carbonyl (C=O) groups excluding carboxylic acids is 2. The van der Waals surface area contributed by atoms with E-state index in [1.165, 1.54) is 30.0 Å². The third-order valence-electron chi connectivity index (χ3n) is 2.20. The van der Waals surface area contributed by atoms with Crippen LogP contribution in [0, 0.1) is 0 Å². The standard InChI is InChI=1S/C13H10O3S/c1-16-10-3-5-11(6-4-10)17-13-8-9(14)2-7-12(13)15/h2-8H,1H3. The molecule has 0 aliphatic heterocycles. The molecule has 2 rings (SSSR count). The Kier molecular flexibility index (Phi) is 3.44. The van der Waals surface area contributed by atoms with E-state index >= 15 is 0 Å². The quantitative estimate of drug-likeness (QED) is 0.768. The largest absolute Gasteiger partial charge is 0.497 e. The average Bonchev–Trinajstić information content (AvgIpc) is 2.35. The summed E-state index contributed by atoms with van der Waals surface area (Å²) in [5, 5.41) is 0. The van der Waals surface area contributed by atoms with Gasteiger partial charge in [0.25, 0.3) is 0 Å². The summed E-state index contributed by atoms with van der Waals surface area (Å²) in [6.45, 7) is 0. The zero-order valence-corrected chi connectivity index (χ0v) is 9.99. The van der Waals surface area contributed by atoms with E-state index in [0.29, 0.717) is 4.91 Å². The molecule has 1 aromatic carbocycles. The van der Waals surface area contributed by atoms with Gasteiger partial charge in [-0.1, -0.05) is 11.8 Å². The first-order chi connectivity index (χ1) is 8.19. The highest BCUT2D eigenvalue weighted by atomic mass is 32.2. The molecule has 0 fully saturated rings. The van der Waals surface area contributed by atoms with Gasteiger partial charge < -0.3 is 4.74 Å². The number of thioether (sulfide) groups is 1. The molecule has 0 N–H and O–H groups in total. The lowest BCUT2D eigenvalue weighted by atomic mass is 10.2. The average molecular weight is 246 g/mol. The van der Waals surface area contributed by atoms with Crippen LogP contribution in [0.5, 0.6) is 5.75 Å². The molecule has 3 nitrogen and oxygen atoms in total. The summed E-state index contributed by atoms with van der Waals surface area (Å²) in [5.41, 5.74) is 0. The number of ketones is 2. The smallest absolute Gasteiger partial charge is 0.192 e. The van der Waals surface area contributed by atoms with Crippen LogP contribution in [-0.4, -0.2) is 18.7 Å². The molecule has 0 saturated heterocycles. The number of ether oxygens (including phenoxy) is 1. The van der Waals surface area contributed by atoms with Crippen molar-refractivity contribution in [1.29, 1.82) is 0 Å². The topological polar surface area (TPSA) is 43.4 Å². The van der Waals surface area contributed by atoms with Gasteiger partial charge in [-0.2, -0.15) is 0 Å². The second-order valence-electron chi connectivity index (χ2n) is 3.39. The van der Waals surface area contributed by atoms with Crippen LogP contribution < -0.4 is 4.74 Å². The Morgan fingerprint density at radius 1 is 1.06 bits per heavy atom. The summed E-state index contributed by atoms with van der Waals surface area (Å²) in [6, 6.07) is 7.32. The first-order valence-electron chi connectivity index (χ1n) is 4.99. The monoisotopic (exact) mass is 246 g/mol. The van der Waals surface area contributed by atoms with E-state index in [4.69, 9.17) is 4.74 Å². The summed E-state index contributed by atoms with van der Waals surface area (Å²) < 4.78 is 5.04. The third kappa shape index (κ3) is 2.85.